The van der Waals surface area contributed by atoms with E-state index >= 15 is 0 Å². The van der Waals surface area contributed by atoms with Crippen molar-refractivity contribution < 1.29 is 18.3 Å². The predicted octanol–water partition coefficient (Wildman–Crippen LogP) is 1.89. The number of sulfonamides is 1. The van der Waals surface area contributed by atoms with Crippen LogP contribution in [0.1, 0.15) is 13.3 Å². The molecule has 19 heavy (non-hydrogen) atoms. The minimum Gasteiger partial charge on any atom is -0.481 e. The van der Waals surface area contributed by atoms with Crippen molar-refractivity contribution in [3.8, 4) is 0 Å². The summed E-state index contributed by atoms with van der Waals surface area (Å²) in [6.07, 6.45) is 0.0718. The number of rotatable bonds is 6. The molecule has 1 N–H and O–H groups in total. The minimum atomic E-state index is -3.41. The van der Waals surface area contributed by atoms with E-state index in [1.807, 2.05) is 6.92 Å². The van der Waals surface area contributed by atoms with Crippen LogP contribution in [-0.4, -0.2) is 43.1 Å². The predicted molar refractivity (Wildman–Crippen MR) is 74.9 cm³/mol. The van der Waals surface area contributed by atoms with Gasteiger partial charge in [-0.1, -0.05) is 6.92 Å². The first-order chi connectivity index (χ1) is 8.73. The van der Waals surface area contributed by atoms with Gasteiger partial charge in [-0.3, -0.25) is 4.79 Å². The van der Waals surface area contributed by atoms with E-state index in [1.165, 1.54) is 38.0 Å². The monoisotopic (exact) mass is 303 g/mol. The third kappa shape index (κ3) is 4.52. The summed E-state index contributed by atoms with van der Waals surface area (Å²) in [5.74, 6) is -0.841. The molecule has 0 saturated heterocycles. The number of aliphatic carboxylic acids is 1. The molecular formula is C12H17NO4S2. The number of carboxylic acids is 1. The zero-order valence-electron chi connectivity index (χ0n) is 11.0. The van der Waals surface area contributed by atoms with E-state index < -0.39 is 16.0 Å². The maximum absolute atomic E-state index is 11.9. The Balaban J connectivity index is 2.80. The van der Waals surface area contributed by atoms with Gasteiger partial charge in [-0.2, -0.15) is 0 Å². The molecule has 0 spiro atoms. The van der Waals surface area contributed by atoms with Crippen molar-refractivity contribution in [3.05, 3.63) is 24.3 Å². The summed E-state index contributed by atoms with van der Waals surface area (Å²) >= 11 is 1.41. The van der Waals surface area contributed by atoms with Crippen molar-refractivity contribution in [3.63, 3.8) is 0 Å². The van der Waals surface area contributed by atoms with Gasteiger partial charge < -0.3 is 5.11 Å². The van der Waals surface area contributed by atoms with Crippen LogP contribution in [0.4, 0.5) is 0 Å². The highest BCUT2D eigenvalue weighted by molar-refractivity contribution is 8.00. The average molecular weight is 303 g/mol. The fourth-order valence-corrected chi connectivity index (χ4v) is 3.31. The summed E-state index contributed by atoms with van der Waals surface area (Å²) < 4.78 is 24.9. The molecule has 0 aliphatic heterocycles. The molecule has 0 aromatic heterocycles. The smallest absolute Gasteiger partial charge is 0.304 e. The molecule has 5 nitrogen and oxygen atoms in total. The molecule has 0 aliphatic rings. The molecular weight excluding hydrogens is 286 g/mol. The van der Waals surface area contributed by atoms with Gasteiger partial charge in [0.05, 0.1) is 11.3 Å². The fourth-order valence-electron chi connectivity index (χ4n) is 1.42. The fraction of sp³-hybridized carbons (Fsp3) is 0.417. The Labute approximate surface area is 117 Å². The van der Waals surface area contributed by atoms with Crippen LogP contribution in [-0.2, 0) is 14.8 Å². The summed E-state index contributed by atoms with van der Waals surface area (Å²) in [4.78, 5) is 11.6. The molecule has 1 aromatic rings. The van der Waals surface area contributed by atoms with Crippen molar-refractivity contribution in [2.24, 2.45) is 0 Å². The van der Waals surface area contributed by atoms with Crippen molar-refractivity contribution in [1.29, 1.82) is 0 Å². The standard InChI is InChI=1S/C12H17NO4S2/c1-9(8-12(14)15)18-10-4-6-11(7-5-10)19(16,17)13(2)3/h4-7,9H,8H2,1-3H3,(H,14,15). The van der Waals surface area contributed by atoms with Crippen LogP contribution in [0.2, 0.25) is 0 Å². The van der Waals surface area contributed by atoms with Crippen molar-refractivity contribution in [2.45, 2.75) is 28.4 Å². The number of hydrogen-bond acceptors (Lipinski definition) is 4. The Morgan fingerprint density at radius 2 is 1.84 bits per heavy atom. The van der Waals surface area contributed by atoms with Crippen LogP contribution in [0.15, 0.2) is 34.1 Å². The number of hydrogen-bond donors (Lipinski definition) is 1. The van der Waals surface area contributed by atoms with Crippen LogP contribution < -0.4 is 0 Å². The number of nitrogens with zero attached hydrogens (tertiary/aromatic N) is 1. The maximum Gasteiger partial charge on any atom is 0.304 e. The van der Waals surface area contributed by atoms with Gasteiger partial charge in [-0.05, 0) is 24.3 Å². The lowest BCUT2D eigenvalue weighted by Gasteiger charge is -2.12. The first kappa shape index (κ1) is 16.0. The third-order valence-electron chi connectivity index (χ3n) is 2.40. The van der Waals surface area contributed by atoms with Gasteiger partial charge in [-0.15, -0.1) is 11.8 Å². The van der Waals surface area contributed by atoms with Crippen LogP contribution in [0.3, 0.4) is 0 Å². The van der Waals surface area contributed by atoms with Crippen LogP contribution >= 0.6 is 11.8 Å². The lowest BCUT2D eigenvalue weighted by molar-refractivity contribution is -0.136. The van der Waals surface area contributed by atoms with E-state index in [0.29, 0.717) is 0 Å². The second-order valence-corrected chi connectivity index (χ2v) is 7.95. The lowest BCUT2D eigenvalue weighted by Crippen LogP contribution is -2.22. The van der Waals surface area contributed by atoms with Crippen molar-refractivity contribution >= 4 is 27.8 Å². The first-order valence-corrected chi connectivity index (χ1v) is 7.96. The second-order valence-electron chi connectivity index (χ2n) is 4.29. The first-order valence-electron chi connectivity index (χ1n) is 5.64. The highest BCUT2D eigenvalue weighted by Crippen LogP contribution is 2.26. The van der Waals surface area contributed by atoms with Crippen LogP contribution in [0.25, 0.3) is 0 Å². The second kappa shape index (κ2) is 6.40. The van der Waals surface area contributed by atoms with E-state index in [-0.39, 0.29) is 16.6 Å². The number of benzene rings is 1. The molecule has 106 valence electrons. The Bertz CT molecular complexity index is 537. The number of carboxylic acid groups (broad SMARTS) is 1. The van der Waals surface area contributed by atoms with Gasteiger partial charge in [0.1, 0.15) is 0 Å². The van der Waals surface area contributed by atoms with E-state index in [4.69, 9.17) is 5.11 Å². The molecule has 0 bridgehead atoms. The van der Waals surface area contributed by atoms with Crippen LogP contribution in [0.5, 0.6) is 0 Å². The van der Waals surface area contributed by atoms with Gasteiger partial charge >= 0.3 is 5.97 Å². The number of thioether (sulfide) groups is 1. The van der Waals surface area contributed by atoms with E-state index in [0.717, 1.165) is 9.20 Å². The molecule has 7 heteroatoms. The lowest BCUT2D eigenvalue weighted by atomic mass is 10.3. The van der Waals surface area contributed by atoms with E-state index in [9.17, 15) is 13.2 Å². The highest BCUT2D eigenvalue weighted by atomic mass is 32.2. The van der Waals surface area contributed by atoms with E-state index in [1.54, 1.807) is 12.1 Å². The molecule has 0 heterocycles. The summed E-state index contributed by atoms with van der Waals surface area (Å²) in [6.45, 7) is 1.82. The topological polar surface area (TPSA) is 74.7 Å². The van der Waals surface area contributed by atoms with Gasteiger partial charge in [0.15, 0.2) is 0 Å². The largest absolute Gasteiger partial charge is 0.481 e. The molecule has 1 aromatic carbocycles. The van der Waals surface area contributed by atoms with Gasteiger partial charge in [0, 0.05) is 24.2 Å². The Hall–Kier alpha value is -1.05. The van der Waals surface area contributed by atoms with Gasteiger partial charge in [0.25, 0.3) is 0 Å². The van der Waals surface area contributed by atoms with Crippen LogP contribution in [0, 0.1) is 0 Å². The normalized spacial score (nSPS) is 13.5. The molecule has 0 aliphatic carbocycles. The average Bonchev–Trinajstić information content (AvgIpc) is 2.28. The molecule has 0 amide bonds. The summed E-state index contributed by atoms with van der Waals surface area (Å²) in [7, 11) is -0.453. The highest BCUT2D eigenvalue weighted by Gasteiger charge is 2.17. The van der Waals surface area contributed by atoms with Gasteiger partial charge in [0.2, 0.25) is 10.0 Å². The summed E-state index contributed by atoms with van der Waals surface area (Å²) in [6, 6.07) is 6.45. The quantitative estimate of drug-likeness (QED) is 0.812. The SMILES string of the molecule is CC(CC(=O)O)Sc1ccc(S(=O)(=O)N(C)C)cc1. The molecule has 1 atom stereocenters. The Morgan fingerprint density at radius 3 is 2.26 bits per heavy atom. The molecule has 0 radical (unpaired) electrons. The third-order valence-corrected chi connectivity index (χ3v) is 5.34. The summed E-state index contributed by atoms with van der Waals surface area (Å²) in [5, 5.41) is 8.61. The van der Waals surface area contributed by atoms with Crippen molar-refractivity contribution in [1.82, 2.24) is 4.31 Å². The Kier molecular flexibility index (Phi) is 5.39. The van der Waals surface area contributed by atoms with E-state index in [2.05, 4.69) is 0 Å². The molecule has 1 unspecified atom stereocenters. The number of carbonyl (C=O) groups is 1. The molecule has 0 saturated carbocycles. The van der Waals surface area contributed by atoms with Gasteiger partial charge in [-0.25, -0.2) is 12.7 Å². The maximum atomic E-state index is 11.9. The summed E-state index contributed by atoms with van der Waals surface area (Å²) in [5.41, 5.74) is 0. The zero-order valence-corrected chi connectivity index (χ0v) is 12.7. The molecule has 0 fully saturated rings. The zero-order chi connectivity index (χ0) is 14.6. The minimum absolute atomic E-state index is 0.0613. The molecule has 1 rings (SSSR count). The Morgan fingerprint density at radius 1 is 1.32 bits per heavy atom. The van der Waals surface area contributed by atoms with Crippen molar-refractivity contribution in [2.75, 3.05) is 14.1 Å².